The third-order valence-electron chi connectivity index (χ3n) is 7.06. The molecule has 36 heavy (non-hydrogen) atoms. The van der Waals surface area contributed by atoms with E-state index in [4.69, 9.17) is 4.74 Å². The molecule has 0 fully saturated rings. The molecule has 8 nitrogen and oxygen atoms in total. The maximum Gasteiger partial charge on any atom is 0.323 e. The van der Waals surface area contributed by atoms with Crippen molar-refractivity contribution in [1.82, 2.24) is 10.6 Å². The summed E-state index contributed by atoms with van der Waals surface area (Å²) in [6.45, 7) is 5.53. The van der Waals surface area contributed by atoms with Gasteiger partial charge in [0.15, 0.2) is 9.84 Å². The van der Waals surface area contributed by atoms with Gasteiger partial charge >= 0.3 is 5.97 Å². The third kappa shape index (κ3) is 6.08. The number of aliphatic hydroxyl groups excluding tert-OH is 1. The van der Waals surface area contributed by atoms with E-state index < -0.39 is 33.5 Å². The minimum absolute atomic E-state index is 0.0199. The highest BCUT2D eigenvalue weighted by Crippen LogP contribution is 2.40. The van der Waals surface area contributed by atoms with Gasteiger partial charge in [-0.15, -0.1) is 0 Å². The fourth-order valence-corrected chi connectivity index (χ4v) is 7.11. The molecule has 2 aromatic rings. The summed E-state index contributed by atoms with van der Waals surface area (Å²) in [6, 6.07) is 11.6. The lowest BCUT2D eigenvalue weighted by molar-refractivity contribution is -0.142. The van der Waals surface area contributed by atoms with Gasteiger partial charge in [0, 0.05) is 17.6 Å². The molecule has 0 spiro atoms. The maximum atomic E-state index is 13.9. The van der Waals surface area contributed by atoms with E-state index in [-0.39, 0.29) is 23.2 Å². The van der Waals surface area contributed by atoms with Crippen molar-refractivity contribution in [2.45, 2.75) is 81.6 Å². The zero-order chi connectivity index (χ0) is 26.5. The van der Waals surface area contributed by atoms with Crippen LogP contribution >= 0.6 is 0 Å². The van der Waals surface area contributed by atoms with E-state index in [2.05, 4.69) is 17.6 Å². The number of ether oxygens (including phenoxy) is 1. The molecule has 1 heterocycles. The van der Waals surface area contributed by atoms with Crippen LogP contribution in [0.3, 0.4) is 0 Å². The van der Waals surface area contributed by atoms with Crippen molar-refractivity contribution in [2.75, 3.05) is 12.9 Å². The van der Waals surface area contributed by atoms with Gasteiger partial charge in [-0.05, 0) is 43.0 Å². The SMILES string of the molecule is CCCC[C@]1(CC)CS(=O)(=O)c2cc(CN[C@H](C(=O)O)[C@@H](C)O)c(OC)cc2[C@@H](c2ccccc2)N1. The van der Waals surface area contributed by atoms with Gasteiger partial charge in [0.05, 0.1) is 29.9 Å². The predicted octanol–water partition coefficient (Wildman–Crippen LogP) is 3.42. The largest absolute Gasteiger partial charge is 0.496 e. The molecular weight excluding hydrogens is 480 g/mol. The molecule has 198 valence electrons. The number of carboxylic acids is 1. The van der Waals surface area contributed by atoms with Crippen LogP contribution in [-0.2, 0) is 21.2 Å². The lowest BCUT2D eigenvalue weighted by atomic mass is 9.88. The number of benzene rings is 2. The van der Waals surface area contributed by atoms with Crippen molar-refractivity contribution < 1.29 is 28.2 Å². The Kier molecular flexibility index (Phi) is 9.16. The Balaban J connectivity index is 2.17. The van der Waals surface area contributed by atoms with Crippen molar-refractivity contribution in [3.63, 3.8) is 0 Å². The Bertz CT molecular complexity index is 1150. The summed E-state index contributed by atoms with van der Waals surface area (Å²) in [5.41, 5.74) is 1.48. The highest BCUT2D eigenvalue weighted by atomic mass is 32.2. The number of hydrogen-bond donors (Lipinski definition) is 4. The quantitative estimate of drug-likeness (QED) is 0.357. The normalized spacial score (nSPS) is 22.8. The van der Waals surface area contributed by atoms with Crippen molar-refractivity contribution in [2.24, 2.45) is 0 Å². The summed E-state index contributed by atoms with van der Waals surface area (Å²) in [5.74, 6) is -0.771. The van der Waals surface area contributed by atoms with Gasteiger partial charge in [0.2, 0.25) is 0 Å². The van der Waals surface area contributed by atoms with Gasteiger partial charge in [0.1, 0.15) is 11.8 Å². The summed E-state index contributed by atoms with van der Waals surface area (Å²) in [4.78, 5) is 11.8. The average molecular weight is 519 g/mol. The zero-order valence-corrected chi connectivity index (χ0v) is 22.3. The number of carbonyl (C=O) groups is 1. The lowest BCUT2D eigenvalue weighted by Crippen LogP contribution is -2.50. The third-order valence-corrected chi connectivity index (χ3v) is 9.01. The average Bonchev–Trinajstić information content (AvgIpc) is 2.94. The molecular formula is C27H38N2O6S. The van der Waals surface area contributed by atoms with E-state index in [0.29, 0.717) is 23.3 Å². The minimum atomic E-state index is -3.70. The minimum Gasteiger partial charge on any atom is -0.496 e. The van der Waals surface area contributed by atoms with E-state index >= 15 is 0 Å². The maximum absolute atomic E-state index is 13.9. The van der Waals surface area contributed by atoms with Crippen molar-refractivity contribution in [3.05, 3.63) is 59.2 Å². The molecule has 0 unspecified atom stereocenters. The van der Waals surface area contributed by atoms with Gasteiger partial charge in [-0.1, -0.05) is 57.0 Å². The number of unbranched alkanes of at least 4 members (excludes halogenated alkanes) is 1. The molecule has 0 bridgehead atoms. The number of aliphatic hydroxyl groups is 1. The molecule has 2 aromatic carbocycles. The molecule has 0 saturated carbocycles. The molecule has 1 aliphatic rings. The molecule has 0 aliphatic carbocycles. The second-order valence-electron chi connectivity index (χ2n) is 9.62. The van der Waals surface area contributed by atoms with Crippen LogP contribution in [0.1, 0.15) is 69.2 Å². The Morgan fingerprint density at radius 2 is 1.94 bits per heavy atom. The first-order chi connectivity index (χ1) is 17.1. The second-order valence-corrected chi connectivity index (χ2v) is 11.6. The van der Waals surface area contributed by atoms with Crippen LogP contribution in [0.5, 0.6) is 5.75 Å². The van der Waals surface area contributed by atoms with Gasteiger partial charge in [-0.3, -0.25) is 15.4 Å². The van der Waals surface area contributed by atoms with Crippen LogP contribution in [0, 0.1) is 0 Å². The van der Waals surface area contributed by atoms with Crippen LogP contribution in [0.25, 0.3) is 0 Å². The second kappa shape index (κ2) is 11.7. The van der Waals surface area contributed by atoms with Crippen molar-refractivity contribution >= 4 is 15.8 Å². The Labute approximate surface area is 214 Å². The smallest absolute Gasteiger partial charge is 0.323 e. The summed E-state index contributed by atoms with van der Waals surface area (Å²) in [7, 11) is -2.20. The lowest BCUT2D eigenvalue weighted by Gasteiger charge is -2.36. The van der Waals surface area contributed by atoms with Crippen LogP contribution in [0.15, 0.2) is 47.4 Å². The predicted molar refractivity (Wildman–Crippen MR) is 139 cm³/mol. The highest BCUT2D eigenvalue weighted by molar-refractivity contribution is 7.91. The number of fused-ring (bicyclic) bond motifs is 1. The molecule has 0 radical (unpaired) electrons. The van der Waals surface area contributed by atoms with E-state index in [1.165, 1.54) is 14.0 Å². The number of carboxylic acid groups (broad SMARTS) is 1. The van der Waals surface area contributed by atoms with Crippen LogP contribution in [-0.4, -0.2) is 55.1 Å². The Morgan fingerprint density at radius 1 is 1.25 bits per heavy atom. The fraction of sp³-hybridized carbons (Fsp3) is 0.519. The number of nitrogens with one attached hydrogen (secondary N) is 2. The van der Waals surface area contributed by atoms with Crippen LogP contribution in [0.2, 0.25) is 0 Å². The van der Waals surface area contributed by atoms with Gasteiger partial charge in [-0.2, -0.15) is 0 Å². The van der Waals surface area contributed by atoms with E-state index in [9.17, 15) is 23.4 Å². The number of methoxy groups -OCH3 is 1. The van der Waals surface area contributed by atoms with Crippen molar-refractivity contribution in [1.29, 1.82) is 0 Å². The molecule has 3 rings (SSSR count). The fourth-order valence-electron chi connectivity index (χ4n) is 4.94. The van der Waals surface area contributed by atoms with E-state index in [1.54, 1.807) is 12.1 Å². The van der Waals surface area contributed by atoms with Crippen molar-refractivity contribution in [3.8, 4) is 5.75 Å². The van der Waals surface area contributed by atoms with Crippen LogP contribution < -0.4 is 15.4 Å². The monoisotopic (exact) mass is 518 g/mol. The number of hydrogen-bond acceptors (Lipinski definition) is 7. The Hall–Kier alpha value is -2.46. The van der Waals surface area contributed by atoms with Crippen LogP contribution in [0.4, 0.5) is 0 Å². The molecule has 0 saturated heterocycles. The number of aliphatic carboxylic acids is 1. The topological polar surface area (TPSA) is 125 Å². The summed E-state index contributed by atoms with van der Waals surface area (Å²) in [5, 5.41) is 25.8. The first-order valence-corrected chi connectivity index (χ1v) is 14.1. The molecule has 0 aromatic heterocycles. The molecule has 0 amide bonds. The summed E-state index contributed by atoms with van der Waals surface area (Å²) in [6.07, 6.45) is 2.13. The van der Waals surface area contributed by atoms with Gasteiger partial charge in [-0.25, -0.2) is 8.42 Å². The molecule has 9 heteroatoms. The summed E-state index contributed by atoms with van der Waals surface area (Å²) < 4.78 is 33.4. The highest BCUT2D eigenvalue weighted by Gasteiger charge is 2.42. The zero-order valence-electron chi connectivity index (χ0n) is 21.5. The molecule has 4 atom stereocenters. The van der Waals surface area contributed by atoms with E-state index in [0.717, 1.165) is 24.8 Å². The summed E-state index contributed by atoms with van der Waals surface area (Å²) >= 11 is 0. The first-order valence-electron chi connectivity index (χ1n) is 12.5. The first kappa shape index (κ1) is 28.1. The van der Waals surface area contributed by atoms with Gasteiger partial charge in [0.25, 0.3) is 0 Å². The van der Waals surface area contributed by atoms with E-state index in [1.807, 2.05) is 37.3 Å². The molecule has 1 aliphatic heterocycles. The molecule has 4 N–H and O–H groups in total. The number of sulfone groups is 1. The number of rotatable bonds is 11. The van der Waals surface area contributed by atoms with Gasteiger partial charge < -0.3 is 14.9 Å². The standard InChI is InChI=1S/C27H38N2O6S/c1-5-7-13-27(6-2)17-36(33,34)23-14-20(16-28-24(18(3)30)26(31)32)22(35-4)15-21(23)25(29-27)19-11-9-8-10-12-19/h8-12,14-15,18,24-25,28-30H,5-7,13,16-17H2,1-4H3,(H,31,32)/t18-,24+,25-,27-/m1/s1. The Morgan fingerprint density at radius 3 is 2.50 bits per heavy atom.